The molecule has 372 valence electrons. The summed E-state index contributed by atoms with van der Waals surface area (Å²) in [6.07, 6.45) is 2.64. The first-order valence-corrected chi connectivity index (χ1v) is 22.5. The number of aldehydes is 1. The molecule has 0 aliphatic carbocycles. The van der Waals surface area contributed by atoms with E-state index in [-0.39, 0.29) is 103 Å². The van der Waals surface area contributed by atoms with E-state index in [1.807, 2.05) is 29.2 Å². The molecule has 2 rings (SSSR count). The minimum Gasteiger partial charge on any atom is -0.481 e. The lowest BCUT2D eigenvalue weighted by Gasteiger charge is -2.32. The van der Waals surface area contributed by atoms with E-state index in [2.05, 4.69) is 31.9 Å². The summed E-state index contributed by atoms with van der Waals surface area (Å²) in [5.41, 5.74) is 0.887. The van der Waals surface area contributed by atoms with E-state index in [0.717, 1.165) is 17.1 Å². The third-order valence-electron chi connectivity index (χ3n) is 10.3. The molecule has 1 aliphatic rings. The number of hydrogen-bond acceptors (Lipinski definition) is 14. The van der Waals surface area contributed by atoms with Crippen LogP contribution in [0.1, 0.15) is 63.4 Å². The number of urea groups is 1. The highest BCUT2D eigenvalue weighted by Gasteiger charge is 2.24. The molecule has 1 heterocycles. The minimum atomic E-state index is -1.29. The van der Waals surface area contributed by atoms with Gasteiger partial charge in [0.2, 0.25) is 11.8 Å². The van der Waals surface area contributed by atoms with Crippen LogP contribution in [0.2, 0.25) is 0 Å². The van der Waals surface area contributed by atoms with Crippen molar-refractivity contribution in [3.05, 3.63) is 34.3 Å². The maximum atomic E-state index is 13.5. The smallest absolute Gasteiger partial charge is 0.326 e. The summed E-state index contributed by atoms with van der Waals surface area (Å²) in [7, 11) is 1.00. The largest absolute Gasteiger partial charge is 0.481 e. The van der Waals surface area contributed by atoms with Crippen molar-refractivity contribution in [2.45, 2.75) is 76.4 Å². The van der Waals surface area contributed by atoms with Crippen LogP contribution in [-0.4, -0.2) is 220 Å². The van der Waals surface area contributed by atoms with Crippen LogP contribution in [-0.2, 0) is 44.9 Å². The summed E-state index contributed by atoms with van der Waals surface area (Å²) in [6.45, 7) is 2.40. The Morgan fingerprint density at radius 1 is 0.636 bits per heavy atom. The van der Waals surface area contributed by atoms with Gasteiger partial charge in [0.15, 0.2) is 0 Å². The highest BCUT2D eigenvalue weighted by molar-refractivity contribution is 9.10. The molecule has 66 heavy (non-hydrogen) atoms. The summed E-state index contributed by atoms with van der Waals surface area (Å²) >= 11 is 3.41. The average Bonchev–Trinajstić information content (AvgIpc) is 3.25. The Bertz CT molecular complexity index is 1660. The second-order valence-electron chi connectivity index (χ2n) is 15.6. The third kappa shape index (κ3) is 27.9. The van der Waals surface area contributed by atoms with Gasteiger partial charge in [-0.25, -0.2) is 9.59 Å². The monoisotopic (exact) mass is 1000 g/mol. The number of halogens is 1. The number of benzene rings is 1. The molecular formula is C42H67BrN8O15. The van der Waals surface area contributed by atoms with Crippen LogP contribution >= 0.6 is 15.9 Å². The van der Waals surface area contributed by atoms with Gasteiger partial charge in [-0.2, -0.15) is 0 Å². The number of rotatable bonds is 28. The molecule has 2 unspecified atom stereocenters. The van der Waals surface area contributed by atoms with Gasteiger partial charge in [0.05, 0.1) is 32.2 Å². The van der Waals surface area contributed by atoms with E-state index in [0.29, 0.717) is 71.1 Å². The number of hydrogen-bond donors (Lipinski definition) is 9. The Morgan fingerprint density at radius 3 is 1.59 bits per heavy atom. The minimum absolute atomic E-state index is 0.0117. The molecule has 2 atom stereocenters. The number of aliphatic hydroxyl groups is 1. The predicted octanol–water partition coefficient (Wildman–Crippen LogP) is -0.107. The summed E-state index contributed by atoms with van der Waals surface area (Å²) in [6, 6.07) is 4.18. The van der Waals surface area contributed by atoms with E-state index in [1.54, 1.807) is 19.6 Å². The van der Waals surface area contributed by atoms with E-state index < -0.39 is 48.0 Å². The quantitative estimate of drug-likeness (QED) is 0.0391. The molecule has 0 radical (unpaired) electrons. The first-order chi connectivity index (χ1) is 31.4. The van der Waals surface area contributed by atoms with Crippen molar-refractivity contribution in [3.8, 4) is 0 Å². The van der Waals surface area contributed by atoms with Gasteiger partial charge < -0.3 is 56.3 Å². The SMILES string of the molecule is CO.O=CC(CCC(=O)O)NC(=O)NC(CCCCN(Cc1ccc(Br)cc1)C(=O)CCCCCNC(=O)CN1CCN(CC(=O)O)CCN(CC(=O)O)CCN(CC(=O)O)CC1)C(=O)O. The highest BCUT2D eigenvalue weighted by Crippen LogP contribution is 2.15. The molecule has 1 aromatic carbocycles. The lowest BCUT2D eigenvalue weighted by molar-refractivity contribution is -0.140. The molecular weight excluding hydrogens is 936 g/mol. The van der Waals surface area contributed by atoms with Gasteiger partial charge >= 0.3 is 35.9 Å². The van der Waals surface area contributed by atoms with Crippen molar-refractivity contribution in [2.24, 2.45) is 0 Å². The number of carboxylic acids is 5. The molecule has 0 saturated carbocycles. The Labute approximate surface area is 392 Å². The molecule has 9 N–H and O–H groups in total. The standard InChI is InChI=1S/C41H63BrN8O14.CH4O/c42-31-10-8-30(9-11-31)24-50(15-5-3-6-33(40(62)63)45-41(64)44-32(29-51)12-13-36(54)55)35(53)7-2-1-4-14-43-34(52)25-46-16-18-47(26-37(56)57)20-22-49(28-39(60)61)23-21-48(19-17-46)27-38(58)59;1-2/h8-11,29,32-33H,1-7,12-28H2,(H,43,52)(H,54,55)(H,56,57)(H,58,59)(H,60,61)(H,62,63)(H2,44,45,64);2H,1H3. The van der Waals surface area contributed by atoms with Crippen molar-refractivity contribution in [1.82, 2.24) is 40.4 Å². The Kier molecular flexibility index (Phi) is 30.4. The zero-order valence-electron chi connectivity index (χ0n) is 37.5. The zero-order chi connectivity index (χ0) is 49.4. The Morgan fingerprint density at radius 2 is 1.14 bits per heavy atom. The Balaban J connectivity index is 0.0000107. The number of carbonyl (C=O) groups excluding carboxylic acids is 4. The van der Waals surface area contributed by atoms with Crippen molar-refractivity contribution in [1.29, 1.82) is 0 Å². The van der Waals surface area contributed by atoms with Crippen LogP contribution in [0.4, 0.5) is 4.79 Å². The summed E-state index contributed by atoms with van der Waals surface area (Å²) < 4.78 is 0.870. The van der Waals surface area contributed by atoms with Gasteiger partial charge in [-0.15, -0.1) is 0 Å². The van der Waals surface area contributed by atoms with Gasteiger partial charge in [0.25, 0.3) is 0 Å². The fourth-order valence-corrected chi connectivity index (χ4v) is 7.10. The molecule has 1 fully saturated rings. The van der Waals surface area contributed by atoms with Crippen LogP contribution in [0.3, 0.4) is 0 Å². The first-order valence-electron chi connectivity index (χ1n) is 21.7. The predicted molar refractivity (Wildman–Crippen MR) is 242 cm³/mol. The molecule has 24 heteroatoms. The number of amides is 4. The van der Waals surface area contributed by atoms with Gasteiger partial charge in [0, 0.05) is 96.4 Å². The fourth-order valence-electron chi connectivity index (χ4n) is 6.84. The number of aliphatic hydroxyl groups excluding tert-OH is 1. The maximum absolute atomic E-state index is 13.5. The van der Waals surface area contributed by atoms with E-state index >= 15 is 0 Å². The second-order valence-corrected chi connectivity index (χ2v) is 16.5. The van der Waals surface area contributed by atoms with Crippen LogP contribution in [0.15, 0.2) is 28.7 Å². The number of nitrogens with one attached hydrogen (secondary N) is 3. The second kappa shape index (κ2) is 34.1. The number of carbonyl (C=O) groups is 9. The van der Waals surface area contributed by atoms with Crippen molar-refractivity contribution < 1.29 is 73.8 Å². The van der Waals surface area contributed by atoms with Crippen molar-refractivity contribution in [3.63, 3.8) is 0 Å². The zero-order valence-corrected chi connectivity index (χ0v) is 39.1. The van der Waals surface area contributed by atoms with Crippen LogP contribution in [0.5, 0.6) is 0 Å². The molecule has 4 amide bonds. The summed E-state index contributed by atoms with van der Waals surface area (Å²) in [5, 5.41) is 61.3. The molecule has 0 bridgehead atoms. The lowest BCUT2D eigenvalue weighted by atomic mass is 10.1. The van der Waals surface area contributed by atoms with Gasteiger partial charge in [0.1, 0.15) is 12.3 Å². The Hall–Kier alpha value is -5.27. The summed E-state index contributed by atoms with van der Waals surface area (Å²) in [4.78, 5) is 116. The van der Waals surface area contributed by atoms with E-state index in [1.165, 1.54) is 0 Å². The first kappa shape index (κ1) is 58.7. The normalized spacial score (nSPS) is 15.3. The maximum Gasteiger partial charge on any atom is 0.326 e. The average molecular weight is 1000 g/mol. The molecule has 1 aliphatic heterocycles. The van der Waals surface area contributed by atoms with Gasteiger partial charge in [-0.05, 0) is 56.2 Å². The summed E-state index contributed by atoms with van der Waals surface area (Å²) in [5.74, 6) is -5.96. The van der Waals surface area contributed by atoms with Gasteiger partial charge in [-0.1, -0.05) is 34.5 Å². The number of aliphatic carboxylic acids is 5. The fraction of sp³-hybridized carbons (Fsp3) is 0.643. The topological polar surface area (TPSA) is 327 Å². The van der Waals surface area contributed by atoms with Crippen LogP contribution < -0.4 is 16.0 Å². The van der Waals surface area contributed by atoms with Crippen LogP contribution in [0, 0.1) is 0 Å². The highest BCUT2D eigenvalue weighted by atomic mass is 79.9. The molecule has 23 nitrogen and oxygen atoms in total. The number of carboxylic acid groups (broad SMARTS) is 5. The third-order valence-corrected chi connectivity index (χ3v) is 10.9. The van der Waals surface area contributed by atoms with E-state index in [4.69, 9.17) is 10.2 Å². The number of nitrogens with zero attached hydrogens (tertiary/aromatic N) is 5. The van der Waals surface area contributed by atoms with Crippen molar-refractivity contribution >= 4 is 69.9 Å². The van der Waals surface area contributed by atoms with Gasteiger partial charge in [-0.3, -0.25) is 48.4 Å². The lowest BCUT2D eigenvalue weighted by Crippen LogP contribution is -2.49. The van der Waals surface area contributed by atoms with E-state index in [9.17, 15) is 63.6 Å². The van der Waals surface area contributed by atoms with Crippen LogP contribution in [0.25, 0.3) is 0 Å². The molecule has 1 saturated heterocycles. The van der Waals surface area contributed by atoms with Crippen molar-refractivity contribution in [2.75, 3.05) is 98.7 Å². The number of unbranched alkanes of at least 4 members (excludes halogenated alkanes) is 3. The molecule has 0 aromatic heterocycles. The molecule has 0 spiro atoms. The molecule has 1 aromatic rings.